The molecule has 3 nitrogen and oxygen atoms in total. The van der Waals surface area contributed by atoms with E-state index in [-0.39, 0.29) is 0 Å². The van der Waals surface area contributed by atoms with E-state index in [1.54, 1.807) is 0 Å². The number of hydrogen-bond acceptors (Lipinski definition) is 3. The molecule has 300 valence electrons. The van der Waals surface area contributed by atoms with Crippen LogP contribution in [0.5, 0.6) is 0 Å². The Hall–Kier alpha value is -8.40. The Labute approximate surface area is 369 Å². The fraction of sp³-hybridized carbons (Fsp3) is 0. The number of benzene rings is 10. The van der Waals surface area contributed by atoms with Gasteiger partial charge in [-0.15, -0.1) is 0 Å². The van der Waals surface area contributed by atoms with Gasteiger partial charge in [0.1, 0.15) is 0 Å². The van der Waals surface area contributed by atoms with Crippen molar-refractivity contribution in [2.75, 3.05) is 15.1 Å². The Kier molecular flexibility index (Phi) is 10.6. The van der Waals surface area contributed by atoms with Crippen LogP contribution >= 0.6 is 0 Å². The van der Waals surface area contributed by atoms with E-state index in [9.17, 15) is 0 Å². The van der Waals surface area contributed by atoms with E-state index >= 15 is 0 Å². The van der Waals surface area contributed by atoms with Gasteiger partial charge in [0.05, 0.1) is 5.69 Å². The fourth-order valence-electron chi connectivity index (χ4n) is 8.50. The lowest BCUT2D eigenvalue weighted by Gasteiger charge is -2.27. The highest BCUT2D eigenvalue weighted by Crippen LogP contribution is 2.41. The summed E-state index contributed by atoms with van der Waals surface area (Å²) in [6.07, 6.45) is 3.80. The zero-order valence-corrected chi connectivity index (χ0v) is 34.9. The average Bonchev–Trinajstić information content (AvgIpc) is 3.35. The minimum absolute atomic E-state index is 1.05. The third-order valence-electron chi connectivity index (χ3n) is 11.7. The quantitative estimate of drug-likeness (QED) is 0.133. The molecule has 0 amide bonds. The van der Waals surface area contributed by atoms with Crippen molar-refractivity contribution in [2.24, 2.45) is 0 Å². The zero-order valence-electron chi connectivity index (χ0n) is 34.9. The summed E-state index contributed by atoms with van der Waals surface area (Å²) < 4.78 is 0. The largest absolute Gasteiger partial charge is 0.355 e. The molecule has 63 heavy (non-hydrogen) atoms. The van der Waals surface area contributed by atoms with Crippen LogP contribution in [-0.2, 0) is 0 Å². The highest BCUT2D eigenvalue weighted by atomic mass is 15.1. The molecule has 0 spiro atoms. The minimum atomic E-state index is 1.05. The number of hydrogen-bond donors (Lipinski definition) is 1. The number of rotatable bonds is 12. The van der Waals surface area contributed by atoms with Crippen molar-refractivity contribution >= 4 is 79.2 Å². The highest BCUT2D eigenvalue weighted by Gasteiger charge is 2.17. The second-order valence-corrected chi connectivity index (χ2v) is 15.6. The summed E-state index contributed by atoms with van der Waals surface area (Å²) in [5, 5.41) is 8.44. The number of nitrogens with zero attached hydrogens (tertiary/aromatic N) is 2. The van der Waals surface area contributed by atoms with E-state index in [4.69, 9.17) is 0 Å². The molecule has 0 unspecified atom stereocenters. The summed E-state index contributed by atoms with van der Waals surface area (Å²) in [4.78, 5) is 4.64. The van der Waals surface area contributed by atoms with Crippen molar-refractivity contribution in [1.29, 1.82) is 0 Å². The average molecular weight is 808 g/mol. The molecule has 0 bridgehead atoms. The molecule has 1 N–H and O–H groups in total. The maximum absolute atomic E-state index is 4.05. The normalized spacial score (nSPS) is 11.0. The first kappa shape index (κ1) is 38.8. The van der Waals surface area contributed by atoms with Gasteiger partial charge in [-0.3, -0.25) is 0 Å². The summed E-state index contributed by atoms with van der Waals surface area (Å²) in [6.45, 7) is 8.09. The molecule has 0 radical (unpaired) electrons. The van der Waals surface area contributed by atoms with Gasteiger partial charge in [-0.2, -0.15) is 0 Å². The Morgan fingerprint density at radius 2 is 0.746 bits per heavy atom. The van der Waals surface area contributed by atoms with Crippen LogP contribution in [0, 0.1) is 0 Å². The molecule has 10 rings (SSSR count). The summed E-state index contributed by atoms with van der Waals surface area (Å²) >= 11 is 0. The van der Waals surface area contributed by atoms with Crippen molar-refractivity contribution in [3.63, 3.8) is 0 Å². The zero-order chi connectivity index (χ0) is 42.5. The predicted octanol–water partition coefficient (Wildman–Crippen LogP) is 17.3. The van der Waals surface area contributed by atoms with Gasteiger partial charge in [0.2, 0.25) is 0 Å². The van der Waals surface area contributed by atoms with Crippen LogP contribution < -0.4 is 15.1 Å². The van der Waals surface area contributed by atoms with E-state index in [1.807, 2.05) is 12.2 Å². The van der Waals surface area contributed by atoms with Gasteiger partial charge in [-0.25, -0.2) is 0 Å². The first-order valence-electron chi connectivity index (χ1n) is 21.3. The fourth-order valence-corrected chi connectivity index (χ4v) is 8.50. The molecule has 0 aliphatic rings. The third kappa shape index (κ3) is 8.00. The lowest BCUT2D eigenvalue weighted by atomic mass is 10.0. The van der Waals surface area contributed by atoms with Gasteiger partial charge in [-0.05, 0) is 129 Å². The van der Waals surface area contributed by atoms with Gasteiger partial charge in [0, 0.05) is 50.6 Å². The maximum atomic E-state index is 4.05. The lowest BCUT2D eigenvalue weighted by Crippen LogP contribution is -2.10. The van der Waals surface area contributed by atoms with E-state index < -0.39 is 0 Å². The molecular formula is C60H45N3. The van der Waals surface area contributed by atoms with Crippen LogP contribution in [0.4, 0.5) is 45.5 Å². The molecule has 0 aromatic heterocycles. The molecule has 0 atom stereocenters. The topological polar surface area (TPSA) is 18.5 Å². The van der Waals surface area contributed by atoms with Crippen molar-refractivity contribution in [2.45, 2.75) is 0 Å². The first-order chi connectivity index (χ1) is 31.1. The number of anilines is 8. The van der Waals surface area contributed by atoms with Crippen LogP contribution in [-0.4, -0.2) is 0 Å². The molecule has 0 aliphatic carbocycles. The van der Waals surface area contributed by atoms with Crippen LogP contribution in [0.3, 0.4) is 0 Å². The van der Waals surface area contributed by atoms with E-state index in [0.29, 0.717) is 0 Å². The van der Waals surface area contributed by atoms with E-state index in [1.165, 1.54) is 21.5 Å². The van der Waals surface area contributed by atoms with Crippen LogP contribution in [0.25, 0.3) is 56.0 Å². The summed E-state index contributed by atoms with van der Waals surface area (Å²) in [7, 11) is 0. The summed E-state index contributed by atoms with van der Waals surface area (Å²) in [5.41, 5.74) is 15.4. The van der Waals surface area contributed by atoms with Gasteiger partial charge in [0.15, 0.2) is 0 Å². The van der Waals surface area contributed by atoms with Crippen LogP contribution in [0.2, 0.25) is 0 Å². The van der Waals surface area contributed by atoms with Gasteiger partial charge >= 0.3 is 0 Å². The predicted molar refractivity (Wildman–Crippen MR) is 272 cm³/mol. The van der Waals surface area contributed by atoms with Gasteiger partial charge in [0.25, 0.3) is 0 Å². The second-order valence-electron chi connectivity index (χ2n) is 15.6. The van der Waals surface area contributed by atoms with E-state index in [2.05, 4.69) is 259 Å². The molecule has 0 saturated heterocycles. The SMILES string of the molecule is C=Cc1cccc(N(c2ccc(-c3ccc(Nc4cccc5ccccc45)cc3)cc2)c2ccc(-c3ccc(N(c4cccc(C=C)c4)c4cccc5ccccc45)cc3)cc2)c1. The molecule has 3 heteroatoms. The molecular weight excluding hydrogens is 763 g/mol. The smallest absolute Gasteiger partial charge is 0.0540 e. The molecule has 0 aliphatic heterocycles. The summed E-state index contributed by atoms with van der Waals surface area (Å²) in [5.74, 6) is 0. The van der Waals surface area contributed by atoms with Crippen molar-refractivity contribution < 1.29 is 0 Å². The lowest BCUT2D eigenvalue weighted by molar-refractivity contribution is 1.28. The molecule has 0 heterocycles. The Morgan fingerprint density at radius 1 is 0.333 bits per heavy atom. The molecule has 0 saturated carbocycles. The van der Waals surface area contributed by atoms with Gasteiger partial charge in [-0.1, -0.05) is 171 Å². The maximum Gasteiger partial charge on any atom is 0.0540 e. The van der Waals surface area contributed by atoms with Crippen molar-refractivity contribution in [1.82, 2.24) is 0 Å². The Balaban J connectivity index is 0.930. The summed E-state index contributed by atoms with van der Waals surface area (Å²) in [6, 6.07) is 82.1. The van der Waals surface area contributed by atoms with Crippen LogP contribution in [0.1, 0.15) is 11.1 Å². The standard InChI is InChI=1S/C60H45N3/c1-3-43-13-9-19-55(41-43)62(52-35-27-46(28-36-52)45-25-33-51(34-26-45)61-59-23-11-17-49-15-5-7-21-57(49)59)53-37-29-47(30-38-53)48-31-39-54(40-32-48)63(56-20-10-14-44(4-2)42-56)60-24-12-18-50-16-6-8-22-58(50)60/h3-42,61H,1-2H2. The number of fused-ring (bicyclic) bond motifs is 2. The Morgan fingerprint density at radius 3 is 1.29 bits per heavy atom. The highest BCUT2D eigenvalue weighted by molar-refractivity contribution is 5.99. The monoisotopic (exact) mass is 807 g/mol. The van der Waals surface area contributed by atoms with E-state index in [0.717, 1.165) is 78.9 Å². The van der Waals surface area contributed by atoms with Gasteiger partial charge < -0.3 is 15.1 Å². The molecule has 0 fully saturated rings. The Bertz CT molecular complexity index is 3210. The van der Waals surface area contributed by atoms with Crippen molar-refractivity contribution in [3.05, 3.63) is 255 Å². The van der Waals surface area contributed by atoms with Crippen LogP contribution in [0.15, 0.2) is 244 Å². The second kappa shape index (κ2) is 17.3. The third-order valence-corrected chi connectivity index (χ3v) is 11.7. The minimum Gasteiger partial charge on any atom is -0.355 e. The molecule has 10 aromatic carbocycles. The van der Waals surface area contributed by atoms with Crippen molar-refractivity contribution in [3.8, 4) is 22.3 Å². The first-order valence-corrected chi connectivity index (χ1v) is 21.3. The molecule has 10 aromatic rings. The number of nitrogens with one attached hydrogen (secondary N) is 1.